The van der Waals surface area contributed by atoms with E-state index >= 15 is 0 Å². The standard InChI is InChI=1S/C18H26N2O/c1-13-8-6-7-10-15(13)18-19-12-17(21)20(18)16-11-5-3-4-9-14(16)2/h6-8,10,14,16,18-19H,3-5,9,11-12H2,1-2H3. The first-order valence-electron chi connectivity index (χ1n) is 8.28. The molecule has 1 heterocycles. The summed E-state index contributed by atoms with van der Waals surface area (Å²) in [5, 5.41) is 3.43. The molecule has 3 unspecified atom stereocenters. The highest BCUT2D eigenvalue weighted by molar-refractivity contribution is 5.81. The number of aryl methyl sites for hydroxylation is 1. The third-order valence-electron chi connectivity index (χ3n) is 5.17. The van der Waals surface area contributed by atoms with Gasteiger partial charge in [0.25, 0.3) is 0 Å². The van der Waals surface area contributed by atoms with Crippen LogP contribution in [0.25, 0.3) is 0 Å². The average Bonchev–Trinajstić information content (AvgIpc) is 2.71. The molecule has 1 saturated heterocycles. The molecule has 0 bridgehead atoms. The van der Waals surface area contributed by atoms with Crippen LogP contribution >= 0.6 is 0 Å². The van der Waals surface area contributed by atoms with Gasteiger partial charge in [0.05, 0.1) is 6.54 Å². The summed E-state index contributed by atoms with van der Waals surface area (Å²) in [5.41, 5.74) is 2.51. The first-order chi connectivity index (χ1) is 10.2. The summed E-state index contributed by atoms with van der Waals surface area (Å²) in [5.74, 6) is 0.866. The van der Waals surface area contributed by atoms with E-state index in [0.717, 1.165) is 6.42 Å². The highest BCUT2D eigenvalue weighted by Gasteiger charge is 2.39. The van der Waals surface area contributed by atoms with Gasteiger partial charge in [0.15, 0.2) is 0 Å². The normalized spacial score (nSPS) is 30.5. The van der Waals surface area contributed by atoms with Crippen molar-refractivity contribution in [2.45, 2.75) is 58.2 Å². The molecule has 1 aliphatic heterocycles. The molecule has 0 aromatic heterocycles. The van der Waals surface area contributed by atoms with Crippen molar-refractivity contribution >= 4 is 5.91 Å². The molecule has 0 spiro atoms. The van der Waals surface area contributed by atoms with Gasteiger partial charge in [0.1, 0.15) is 6.17 Å². The fourth-order valence-electron chi connectivity index (χ4n) is 3.93. The van der Waals surface area contributed by atoms with Crippen LogP contribution in [0.3, 0.4) is 0 Å². The lowest BCUT2D eigenvalue weighted by atomic mass is 9.94. The predicted molar refractivity (Wildman–Crippen MR) is 84.8 cm³/mol. The number of benzene rings is 1. The molecule has 3 atom stereocenters. The number of carbonyl (C=O) groups excluding carboxylic acids is 1. The van der Waals surface area contributed by atoms with Crippen LogP contribution in [0.1, 0.15) is 56.3 Å². The van der Waals surface area contributed by atoms with Crippen molar-refractivity contribution in [1.29, 1.82) is 0 Å². The van der Waals surface area contributed by atoms with E-state index < -0.39 is 0 Å². The second-order valence-electron chi connectivity index (χ2n) is 6.62. The Labute approximate surface area is 127 Å². The van der Waals surface area contributed by atoms with Crippen molar-refractivity contribution in [3.63, 3.8) is 0 Å². The molecule has 1 N–H and O–H groups in total. The fourth-order valence-corrected chi connectivity index (χ4v) is 3.93. The van der Waals surface area contributed by atoms with Crippen molar-refractivity contribution in [1.82, 2.24) is 10.2 Å². The van der Waals surface area contributed by atoms with Gasteiger partial charge in [-0.1, -0.05) is 50.5 Å². The van der Waals surface area contributed by atoms with E-state index in [1.54, 1.807) is 0 Å². The summed E-state index contributed by atoms with van der Waals surface area (Å²) in [7, 11) is 0. The molecule has 1 aromatic rings. The summed E-state index contributed by atoms with van der Waals surface area (Å²) in [6.07, 6.45) is 6.32. The van der Waals surface area contributed by atoms with E-state index in [-0.39, 0.29) is 12.1 Å². The largest absolute Gasteiger partial charge is 0.319 e. The van der Waals surface area contributed by atoms with Crippen LogP contribution in [0.5, 0.6) is 0 Å². The monoisotopic (exact) mass is 286 g/mol. The number of carbonyl (C=O) groups is 1. The quantitative estimate of drug-likeness (QED) is 0.845. The van der Waals surface area contributed by atoms with E-state index in [1.165, 1.54) is 36.8 Å². The number of rotatable bonds is 2. The number of nitrogens with one attached hydrogen (secondary N) is 1. The minimum atomic E-state index is 0.0595. The summed E-state index contributed by atoms with van der Waals surface area (Å²) in [6, 6.07) is 8.81. The molecular formula is C18H26N2O. The molecular weight excluding hydrogens is 260 g/mol. The average molecular weight is 286 g/mol. The van der Waals surface area contributed by atoms with E-state index in [1.807, 2.05) is 0 Å². The predicted octanol–water partition coefficient (Wildman–Crippen LogP) is 3.39. The topological polar surface area (TPSA) is 32.3 Å². The second kappa shape index (κ2) is 6.18. The highest BCUT2D eigenvalue weighted by atomic mass is 16.2. The fraction of sp³-hybridized carbons (Fsp3) is 0.611. The van der Waals surface area contributed by atoms with Gasteiger partial charge in [-0.15, -0.1) is 0 Å². The van der Waals surface area contributed by atoms with Crippen molar-refractivity contribution in [2.24, 2.45) is 5.92 Å². The zero-order valence-electron chi connectivity index (χ0n) is 13.1. The Morgan fingerprint density at radius 1 is 1.14 bits per heavy atom. The van der Waals surface area contributed by atoms with Gasteiger partial charge in [-0.25, -0.2) is 0 Å². The van der Waals surface area contributed by atoms with Gasteiger partial charge in [0.2, 0.25) is 5.91 Å². The molecule has 1 amide bonds. The zero-order chi connectivity index (χ0) is 14.8. The van der Waals surface area contributed by atoms with Crippen LogP contribution in [0, 0.1) is 12.8 Å². The summed E-state index contributed by atoms with van der Waals surface area (Å²) in [4.78, 5) is 14.6. The molecule has 2 aliphatic rings. The van der Waals surface area contributed by atoms with Gasteiger partial charge < -0.3 is 4.90 Å². The Bertz CT molecular complexity index is 514. The lowest BCUT2D eigenvalue weighted by Gasteiger charge is -2.36. The SMILES string of the molecule is Cc1ccccc1C1NCC(=O)N1C1CCCCCC1C. The van der Waals surface area contributed by atoms with E-state index in [9.17, 15) is 4.79 Å². The highest BCUT2D eigenvalue weighted by Crippen LogP contribution is 2.34. The van der Waals surface area contributed by atoms with Crippen LogP contribution < -0.4 is 5.32 Å². The minimum Gasteiger partial charge on any atom is -0.319 e. The lowest BCUT2D eigenvalue weighted by Crippen LogP contribution is -2.43. The zero-order valence-corrected chi connectivity index (χ0v) is 13.1. The lowest BCUT2D eigenvalue weighted by molar-refractivity contribution is -0.131. The summed E-state index contributed by atoms with van der Waals surface area (Å²) >= 11 is 0. The Balaban J connectivity index is 1.90. The van der Waals surface area contributed by atoms with Gasteiger partial charge in [0, 0.05) is 6.04 Å². The molecule has 2 fully saturated rings. The number of hydrogen-bond donors (Lipinski definition) is 1. The Morgan fingerprint density at radius 2 is 1.90 bits per heavy atom. The second-order valence-corrected chi connectivity index (χ2v) is 6.62. The van der Waals surface area contributed by atoms with Crippen molar-refractivity contribution in [3.05, 3.63) is 35.4 Å². The third kappa shape index (κ3) is 2.84. The van der Waals surface area contributed by atoms with Crippen molar-refractivity contribution in [2.75, 3.05) is 6.54 Å². The maximum absolute atomic E-state index is 12.5. The van der Waals surface area contributed by atoms with Crippen molar-refractivity contribution < 1.29 is 4.79 Å². The first-order valence-corrected chi connectivity index (χ1v) is 8.28. The Hall–Kier alpha value is -1.35. The van der Waals surface area contributed by atoms with Crippen molar-refractivity contribution in [3.8, 4) is 0 Å². The molecule has 0 radical (unpaired) electrons. The first kappa shape index (κ1) is 14.6. The molecule has 21 heavy (non-hydrogen) atoms. The van der Waals surface area contributed by atoms with Gasteiger partial charge in [-0.05, 0) is 36.8 Å². The molecule has 3 rings (SSSR count). The summed E-state index contributed by atoms with van der Waals surface area (Å²) in [6.45, 7) is 4.92. The number of amides is 1. The van der Waals surface area contributed by atoms with Crippen LogP contribution in [-0.2, 0) is 4.79 Å². The third-order valence-corrected chi connectivity index (χ3v) is 5.17. The van der Waals surface area contributed by atoms with E-state index in [2.05, 4.69) is 48.3 Å². The Morgan fingerprint density at radius 3 is 2.71 bits per heavy atom. The molecule has 3 heteroatoms. The molecule has 1 aromatic carbocycles. The molecule has 3 nitrogen and oxygen atoms in total. The van der Waals surface area contributed by atoms with Gasteiger partial charge >= 0.3 is 0 Å². The maximum Gasteiger partial charge on any atom is 0.238 e. The van der Waals surface area contributed by atoms with Crippen LogP contribution in [0.15, 0.2) is 24.3 Å². The number of nitrogens with zero attached hydrogens (tertiary/aromatic N) is 1. The van der Waals surface area contributed by atoms with E-state index in [0.29, 0.717) is 18.5 Å². The molecule has 1 saturated carbocycles. The number of hydrogen-bond acceptors (Lipinski definition) is 2. The van der Waals surface area contributed by atoms with Gasteiger partial charge in [-0.2, -0.15) is 0 Å². The molecule has 1 aliphatic carbocycles. The maximum atomic E-state index is 12.5. The van der Waals surface area contributed by atoms with Gasteiger partial charge in [-0.3, -0.25) is 10.1 Å². The van der Waals surface area contributed by atoms with E-state index in [4.69, 9.17) is 0 Å². The smallest absolute Gasteiger partial charge is 0.238 e. The summed E-state index contributed by atoms with van der Waals surface area (Å²) < 4.78 is 0. The Kier molecular flexibility index (Phi) is 4.29. The van der Waals surface area contributed by atoms with Crippen LogP contribution in [0.2, 0.25) is 0 Å². The van der Waals surface area contributed by atoms with Crippen LogP contribution in [0.4, 0.5) is 0 Å². The van der Waals surface area contributed by atoms with Crippen LogP contribution in [-0.4, -0.2) is 23.4 Å². The molecule has 114 valence electrons. The minimum absolute atomic E-state index is 0.0595.